The Morgan fingerprint density at radius 2 is 1.92 bits per heavy atom. The summed E-state index contributed by atoms with van der Waals surface area (Å²) in [6.07, 6.45) is 4.35. The summed E-state index contributed by atoms with van der Waals surface area (Å²) in [5.74, 6) is 0.0175. The summed E-state index contributed by atoms with van der Waals surface area (Å²) < 4.78 is 0.535. The minimum Gasteiger partial charge on any atom is -0.343 e. The maximum atomic E-state index is 12.5. The fourth-order valence-corrected chi connectivity index (χ4v) is 4.15. The van der Waals surface area contributed by atoms with Crippen molar-refractivity contribution in [3.8, 4) is 0 Å². The molecular weight excluding hydrogens is 340 g/mol. The second-order valence-corrected chi connectivity index (χ2v) is 7.76. The molecule has 0 bridgehead atoms. The van der Waals surface area contributed by atoms with Crippen molar-refractivity contribution < 1.29 is 9.59 Å². The predicted octanol–water partition coefficient (Wildman–Crippen LogP) is 3.21. The molecule has 24 heavy (non-hydrogen) atoms. The van der Waals surface area contributed by atoms with Gasteiger partial charge in [0.1, 0.15) is 4.32 Å². The highest BCUT2D eigenvalue weighted by molar-refractivity contribution is 8.26. The zero-order valence-electron chi connectivity index (χ0n) is 13.7. The van der Waals surface area contributed by atoms with Crippen LogP contribution in [0.25, 0.3) is 6.08 Å². The third kappa shape index (κ3) is 3.87. The first-order chi connectivity index (χ1) is 11.5. The summed E-state index contributed by atoms with van der Waals surface area (Å²) in [4.78, 5) is 28.7. The van der Waals surface area contributed by atoms with Crippen LogP contribution in [0.3, 0.4) is 0 Å². The lowest BCUT2D eigenvalue weighted by atomic mass is 10.1. The lowest BCUT2D eigenvalue weighted by molar-refractivity contribution is -0.130. The molecule has 0 saturated carbocycles. The van der Waals surface area contributed by atoms with Gasteiger partial charge in [-0.3, -0.25) is 14.5 Å². The van der Waals surface area contributed by atoms with E-state index in [9.17, 15) is 9.59 Å². The molecule has 0 spiro atoms. The van der Waals surface area contributed by atoms with Crippen molar-refractivity contribution in [1.82, 2.24) is 9.80 Å². The highest BCUT2D eigenvalue weighted by atomic mass is 32.2. The lowest BCUT2D eigenvalue weighted by Gasteiger charge is -2.18. The van der Waals surface area contributed by atoms with Crippen LogP contribution < -0.4 is 0 Å². The largest absolute Gasteiger partial charge is 0.343 e. The Morgan fingerprint density at radius 1 is 1.25 bits per heavy atom. The zero-order chi connectivity index (χ0) is 17.1. The Bertz CT molecular complexity index is 691. The van der Waals surface area contributed by atoms with Crippen LogP contribution in [0.15, 0.2) is 29.2 Å². The molecular formula is C18H20N2O2S2. The van der Waals surface area contributed by atoms with E-state index in [0.717, 1.165) is 31.5 Å². The molecule has 2 amide bonds. The number of aryl methyl sites for hydroxylation is 1. The van der Waals surface area contributed by atoms with Gasteiger partial charge in [0, 0.05) is 26.1 Å². The standard InChI is InChI=1S/C18H20N2O2S2/c1-13-4-6-14(7-5-13)12-15-17(22)20(18(23)24-15)11-8-16(21)19-9-2-3-10-19/h4-7,12H,2-3,8-11H2,1H3/b15-12-. The molecule has 126 valence electrons. The fraction of sp³-hybridized carbons (Fsp3) is 0.389. The van der Waals surface area contributed by atoms with Crippen LogP contribution in [0.1, 0.15) is 30.4 Å². The number of likely N-dealkylation sites (tertiary alicyclic amines) is 1. The normalized spacial score (nSPS) is 19.6. The molecule has 0 unspecified atom stereocenters. The van der Waals surface area contributed by atoms with Gasteiger partial charge >= 0.3 is 0 Å². The molecule has 0 radical (unpaired) electrons. The van der Waals surface area contributed by atoms with E-state index in [2.05, 4.69) is 0 Å². The number of thioether (sulfide) groups is 1. The maximum Gasteiger partial charge on any atom is 0.266 e. The summed E-state index contributed by atoms with van der Waals surface area (Å²) >= 11 is 6.63. The number of rotatable bonds is 4. The van der Waals surface area contributed by atoms with Crippen molar-refractivity contribution in [2.45, 2.75) is 26.2 Å². The monoisotopic (exact) mass is 360 g/mol. The number of carbonyl (C=O) groups is 2. The van der Waals surface area contributed by atoms with Gasteiger partial charge in [0.25, 0.3) is 5.91 Å². The van der Waals surface area contributed by atoms with E-state index < -0.39 is 0 Å². The van der Waals surface area contributed by atoms with Gasteiger partial charge < -0.3 is 4.90 Å². The highest BCUT2D eigenvalue weighted by Crippen LogP contribution is 2.32. The first-order valence-electron chi connectivity index (χ1n) is 8.14. The topological polar surface area (TPSA) is 40.6 Å². The van der Waals surface area contributed by atoms with Crippen LogP contribution in [0.5, 0.6) is 0 Å². The van der Waals surface area contributed by atoms with Gasteiger partial charge in [0.05, 0.1) is 4.91 Å². The number of carbonyl (C=O) groups excluding carboxylic acids is 2. The van der Waals surface area contributed by atoms with Crippen molar-refractivity contribution >= 4 is 46.2 Å². The Kier molecular flexibility index (Phi) is 5.36. The van der Waals surface area contributed by atoms with Crippen molar-refractivity contribution in [3.63, 3.8) is 0 Å². The third-order valence-corrected chi connectivity index (χ3v) is 5.63. The summed E-state index contributed by atoms with van der Waals surface area (Å²) in [7, 11) is 0. The first kappa shape index (κ1) is 17.2. The molecule has 0 aliphatic carbocycles. The summed E-state index contributed by atoms with van der Waals surface area (Å²) in [6, 6.07) is 8.00. The van der Waals surface area contributed by atoms with Gasteiger partial charge in [-0.2, -0.15) is 0 Å². The van der Waals surface area contributed by atoms with Crippen LogP contribution in [0.2, 0.25) is 0 Å². The van der Waals surface area contributed by atoms with Gasteiger partial charge in [0.2, 0.25) is 5.91 Å². The van der Waals surface area contributed by atoms with Crippen LogP contribution in [0.4, 0.5) is 0 Å². The molecule has 1 aromatic rings. The van der Waals surface area contributed by atoms with Gasteiger partial charge in [-0.05, 0) is 31.4 Å². The molecule has 2 fully saturated rings. The van der Waals surface area contributed by atoms with Crippen molar-refractivity contribution in [2.75, 3.05) is 19.6 Å². The highest BCUT2D eigenvalue weighted by Gasteiger charge is 2.32. The van der Waals surface area contributed by atoms with Crippen LogP contribution in [-0.4, -0.2) is 45.6 Å². The molecule has 4 nitrogen and oxygen atoms in total. The third-order valence-electron chi connectivity index (χ3n) is 4.26. The number of thiocarbonyl (C=S) groups is 1. The molecule has 2 aliphatic heterocycles. The number of hydrogen-bond acceptors (Lipinski definition) is 4. The second kappa shape index (κ2) is 7.49. The van der Waals surface area contributed by atoms with Crippen LogP contribution >= 0.6 is 24.0 Å². The SMILES string of the molecule is Cc1ccc(/C=C2\SC(=S)N(CCC(=O)N3CCCC3)C2=O)cc1. The van der Waals surface area contributed by atoms with E-state index in [1.807, 2.05) is 42.2 Å². The van der Waals surface area contributed by atoms with Gasteiger partial charge in [0.15, 0.2) is 0 Å². The summed E-state index contributed by atoms with van der Waals surface area (Å²) in [6.45, 7) is 4.07. The number of amides is 2. The quantitative estimate of drug-likeness (QED) is 0.611. The Labute approximate surface area is 151 Å². The number of benzene rings is 1. The molecule has 6 heteroatoms. The molecule has 3 rings (SSSR count). The number of hydrogen-bond donors (Lipinski definition) is 0. The Morgan fingerprint density at radius 3 is 2.58 bits per heavy atom. The molecule has 2 heterocycles. The van der Waals surface area contributed by atoms with E-state index in [1.165, 1.54) is 17.3 Å². The molecule has 2 saturated heterocycles. The average Bonchev–Trinajstić information content (AvgIpc) is 3.18. The molecule has 2 aliphatic rings. The lowest BCUT2D eigenvalue weighted by Crippen LogP contribution is -2.34. The van der Waals surface area contributed by atoms with E-state index in [-0.39, 0.29) is 11.8 Å². The fourth-order valence-electron chi connectivity index (χ4n) is 2.84. The summed E-state index contributed by atoms with van der Waals surface area (Å²) in [5, 5.41) is 0. The zero-order valence-corrected chi connectivity index (χ0v) is 15.3. The first-order valence-corrected chi connectivity index (χ1v) is 9.37. The van der Waals surface area contributed by atoms with E-state index in [1.54, 1.807) is 4.90 Å². The molecule has 0 aromatic heterocycles. The summed E-state index contributed by atoms with van der Waals surface area (Å²) in [5.41, 5.74) is 2.16. The Hall–Kier alpha value is -1.66. The number of nitrogens with zero attached hydrogens (tertiary/aromatic N) is 2. The van der Waals surface area contributed by atoms with Crippen LogP contribution in [-0.2, 0) is 9.59 Å². The van der Waals surface area contributed by atoms with Crippen molar-refractivity contribution in [1.29, 1.82) is 0 Å². The minimum absolute atomic E-state index is 0.0974. The molecule has 0 atom stereocenters. The van der Waals surface area contributed by atoms with Crippen LogP contribution in [0, 0.1) is 6.92 Å². The van der Waals surface area contributed by atoms with Gasteiger partial charge in [-0.15, -0.1) is 0 Å². The molecule has 0 N–H and O–H groups in total. The van der Waals surface area contributed by atoms with E-state index in [4.69, 9.17) is 12.2 Å². The van der Waals surface area contributed by atoms with Gasteiger partial charge in [-0.25, -0.2) is 0 Å². The van der Waals surface area contributed by atoms with Crippen molar-refractivity contribution in [3.05, 3.63) is 40.3 Å². The minimum atomic E-state index is -0.0974. The van der Waals surface area contributed by atoms with E-state index >= 15 is 0 Å². The Balaban J connectivity index is 1.63. The second-order valence-electron chi connectivity index (χ2n) is 6.08. The van der Waals surface area contributed by atoms with Gasteiger partial charge in [-0.1, -0.05) is 53.8 Å². The maximum absolute atomic E-state index is 12.5. The van der Waals surface area contributed by atoms with Crippen molar-refractivity contribution in [2.24, 2.45) is 0 Å². The molecule has 1 aromatic carbocycles. The smallest absolute Gasteiger partial charge is 0.266 e. The predicted molar refractivity (Wildman–Crippen MR) is 101 cm³/mol. The van der Waals surface area contributed by atoms with E-state index in [0.29, 0.717) is 22.2 Å². The average molecular weight is 361 g/mol.